The number of Topliss-reactive ketones (excluding diaryl/α,β-unsaturated/α-hetero) is 1. The van der Waals surface area contributed by atoms with Gasteiger partial charge >= 0.3 is 6.01 Å². The van der Waals surface area contributed by atoms with E-state index in [2.05, 4.69) is 15.2 Å². The van der Waals surface area contributed by atoms with E-state index in [9.17, 15) is 4.79 Å². The van der Waals surface area contributed by atoms with Crippen LogP contribution < -0.4 is 4.90 Å². The SMILES string of the molecule is CN(C)c1nnc(-c2ccc3cnc(CC(=O)C4CCCCC4)cc3c2)o1. The number of pyridine rings is 1. The van der Waals surface area contributed by atoms with E-state index >= 15 is 0 Å². The van der Waals surface area contributed by atoms with Crippen LogP contribution in [0.1, 0.15) is 37.8 Å². The molecule has 0 amide bonds. The summed E-state index contributed by atoms with van der Waals surface area (Å²) in [7, 11) is 3.72. The second-order valence-corrected chi connectivity index (χ2v) is 7.50. The Kier molecular flexibility index (Phi) is 4.88. The number of carbonyl (C=O) groups excluding carboxylic acids is 1. The fourth-order valence-corrected chi connectivity index (χ4v) is 3.68. The molecule has 0 unspecified atom stereocenters. The van der Waals surface area contributed by atoms with Gasteiger partial charge in [0.05, 0.1) is 0 Å². The molecule has 1 fully saturated rings. The van der Waals surface area contributed by atoms with Crippen molar-refractivity contribution >= 4 is 22.6 Å². The maximum atomic E-state index is 12.6. The summed E-state index contributed by atoms with van der Waals surface area (Å²) in [5.41, 5.74) is 1.69. The van der Waals surface area contributed by atoms with Crippen LogP contribution in [-0.2, 0) is 11.2 Å². The molecule has 3 aromatic rings. The summed E-state index contributed by atoms with van der Waals surface area (Å²) in [5, 5.41) is 10.2. The summed E-state index contributed by atoms with van der Waals surface area (Å²) >= 11 is 0. The normalized spacial score (nSPS) is 15.2. The van der Waals surface area contributed by atoms with Gasteiger partial charge in [0.2, 0.25) is 5.89 Å². The molecule has 1 aliphatic carbocycles. The van der Waals surface area contributed by atoms with Gasteiger partial charge < -0.3 is 9.32 Å². The van der Waals surface area contributed by atoms with Crippen LogP contribution in [0.3, 0.4) is 0 Å². The van der Waals surface area contributed by atoms with Gasteiger partial charge in [0.15, 0.2) is 0 Å². The van der Waals surface area contributed by atoms with Crippen LogP contribution in [-0.4, -0.2) is 35.1 Å². The second kappa shape index (κ2) is 7.47. The van der Waals surface area contributed by atoms with E-state index in [0.717, 1.165) is 34.9 Å². The highest BCUT2D eigenvalue weighted by Crippen LogP contribution is 2.27. The molecular formula is C21H24N4O2. The van der Waals surface area contributed by atoms with Crippen molar-refractivity contribution in [2.24, 2.45) is 5.92 Å². The third kappa shape index (κ3) is 3.84. The number of nitrogens with zero attached hydrogens (tertiary/aromatic N) is 4. The fraction of sp³-hybridized carbons (Fsp3) is 0.429. The van der Waals surface area contributed by atoms with Crippen molar-refractivity contribution in [2.75, 3.05) is 19.0 Å². The van der Waals surface area contributed by atoms with Crippen LogP contribution in [0, 0.1) is 5.92 Å². The minimum atomic E-state index is 0.213. The molecule has 6 heteroatoms. The van der Waals surface area contributed by atoms with Gasteiger partial charge in [-0.2, -0.15) is 0 Å². The maximum Gasteiger partial charge on any atom is 0.317 e. The third-order valence-electron chi connectivity index (χ3n) is 5.24. The number of rotatable bonds is 5. The van der Waals surface area contributed by atoms with Crippen LogP contribution in [0.2, 0.25) is 0 Å². The zero-order valence-corrected chi connectivity index (χ0v) is 15.8. The minimum Gasteiger partial charge on any atom is -0.403 e. The zero-order valence-electron chi connectivity index (χ0n) is 15.8. The van der Waals surface area contributed by atoms with Crippen LogP contribution in [0.25, 0.3) is 22.2 Å². The van der Waals surface area contributed by atoms with Gasteiger partial charge in [0.25, 0.3) is 0 Å². The van der Waals surface area contributed by atoms with E-state index in [1.807, 2.05) is 44.6 Å². The van der Waals surface area contributed by atoms with Crippen molar-refractivity contribution in [2.45, 2.75) is 38.5 Å². The monoisotopic (exact) mass is 364 g/mol. The van der Waals surface area contributed by atoms with Gasteiger partial charge in [0, 0.05) is 49.3 Å². The van der Waals surface area contributed by atoms with Crippen molar-refractivity contribution in [1.82, 2.24) is 15.2 Å². The largest absolute Gasteiger partial charge is 0.403 e. The van der Waals surface area contributed by atoms with Crippen molar-refractivity contribution < 1.29 is 9.21 Å². The van der Waals surface area contributed by atoms with Crippen molar-refractivity contribution in [3.63, 3.8) is 0 Å². The minimum absolute atomic E-state index is 0.213. The van der Waals surface area contributed by atoms with Crippen molar-refractivity contribution in [1.29, 1.82) is 0 Å². The smallest absolute Gasteiger partial charge is 0.317 e. The van der Waals surface area contributed by atoms with E-state index in [1.165, 1.54) is 19.3 Å². The average molecular weight is 364 g/mol. The molecule has 140 valence electrons. The molecule has 0 aliphatic heterocycles. The van der Waals surface area contributed by atoms with Gasteiger partial charge in [-0.3, -0.25) is 9.78 Å². The van der Waals surface area contributed by atoms with Crippen molar-refractivity contribution in [3.05, 3.63) is 36.2 Å². The molecule has 4 rings (SSSR count). The first kappa shape index (κ1) is 17.6. The number of ketones is 1. The maximum absolute atomic E-state index is 12.6. The standard InChI is InChI=1S/C21H24N4O2/c1-25(2)21-24-23-20(27-21)15-8-9-16-13-22-18(11-17(16)10-15)12-19(26)14-6-4-3-5-7-14/h8-11,13-14H,3-7,12H2,1-2H3. The number of benzene rings is 1. The number of anilines is 1. The van der Waals surface area contributed by atoms with E-state index < -0.39 is 0 Å². The number of hydrogen-bond donors (Lipinski definition) is 0. The van der Waals surface area contributed by atoms with E-state index in [-0.39, 0.29) is 5.92 Å². The lowest BCUT2D eigenvalue weighted by Gasteiger charge is -2.20. The summed E-state index contributed by atoms with van der Waals surface area (Å²) in [4.78, 5) is 18.8. The summed E-state index contributed by atoms with van der Waals surface area (Å²) in [6.07, 6.45) is 7.90. The molecule has 27 heavy (non-hydrogen) atoms. The molecule has 0 atom stereocenters. The van der Waals surface area contributed by atoms with E-state index in [0.29, 0.717) is 24.1 Å². The third-order valence-corrected chi connectivity index (χ3v) is 5.24. The van der Waals surface area contributed by atoms with Crippen LogP contribution in [0.4, 0.5) is 6.01 Å². The number of hydrogen-bond acceptors (Lipinski definition) is 6. The Bertz CT molecular complexity index is 958. The molecule has 0 saturated heterocycles. The quantitative estimate of drug-likeness (QED) is 0.680. The van der Waals surface area contributed by atoms with E-state index in [4.69, 9.17) is 4.42 Å². The number of carbonyl (C=O) groups is 1. The van der Waals surface area contributed by atoms with Gasteiger partial charge in [-0.15, -0.1) is 5.10 Å². The molecule has 2 heterocycles. The molecule has 0 radical (unpaired) electrons. The van der Waals surface area contributed by atoms with Crippen molar-refractivity contribution in [3.8, 4) is 11.5 Å². The zero-order chi connectivity index (χ0) is 18.8. The Balaban J connectivity index is 1.57. The topological polar surface area (TPSA) is 72.1 Å². The summed E-state index contributed by atoms with van der Waals surface area (Å²) < 4.78 is 5.69. The van der Waals surface area contributed by atoms with E-state index in [1.54, 1.807) is 4.90 Å². The molecule has 1 aromatic carbocycles. The Hall–Kier alpha value is -2.76. The lowest BCUT2D eigenvalue weighted by atomic mass is 9.85. The number of fused-ring (bicyclic) bond motifs is 1. The molecule has 1 aliphatic rings. The highest BCUT2D eigenvalue weighted by atomic mass is 16.4. The molecule has 2 aromatic heterocycles. The fourth-order valence-electron chi connectivity index (χ4n) is 3.68. The lowest BCUT2D eigenvalue weighted by Crippen LogP contribution is -2.19. The highest BCUT2D eigenvalue weighted by molar-refractivity contribution is 5.88. The summed E-state index contributed by atoms with van der Waals surface area (Å²) in [5.74, 6) is 1.02. The van der Waals surface area contributed by atoms with Crippen LogP contribution >= 0.6 is 0 Å². The van der Waals surface area contributed by atoms with Gasteiger partial charge in [0.1, 0.15) is 5.78 Å². The van der Waals surface area contributed by atoms with Gasteiger partial charge in [-0.1, -0.05) is 30.4 Å². The highest BCUT2D eigenvalue weighted by Gasteiger charge is 2.21. The Morgan fingerprint density at radius 2 is 1.93 bits per heavy atom. The van der Waals surface area contributed by atoms with Crippen LogP contribution in [0.5, 0.6) is 0 Å². The first-order valence-electron chi connectivity index (χ1n) is 9.53. The first-order chi connectivity index (χ1) is 13.1. The van der Waals surface area contributed by atoms with Gasteiger partial charge in [-0.25, -0.2) is 0 Å². The molecule has 1 saturated carbocycles. The molecule has 0 bridgehead atoms. The lowest BCUT2D eigenvalue weighted by molar-refractivity contribution is -0.123. The molecule has 6 nitrogen and oxygen atoms in total. The molecule has 0 spiro atoms. The second-order valence-electron chi connectivity index (χ2n) is 7.50. The summed E-state index contributed by atoms with van der Waals surface area (Å²) in [6.45, 7) is 0. The predicted molar refractivity (Wildman–Crippen MR) is 105 cm³/mol. The molecule has 0 N–H and O–H groups in total. The Morgan fingerprint density at radius 3 is 2.67 bits per heavy atom. The predicted octanol–water partition coefficient (Wildman–Crippen LogP) is 4.04. The average Bonchev–Trinajstić information content (AvgIpc) is 3.19. The molecular weight excluding hydrogens is 340 g/mol. The first-order valence-corrected chi connectivity index (χ1v) is 9.53. The van der Waals surface area contributed by atoms with Gasteiger partial charge in [-0.05, 0) is 36.4 Å². The van der Waals surface area contributed by atoms with Crippen LogP contribution in [0.15, 0.2) is 34.9 Å². The summed E-state index contributed by atoms with van der Waals surface area (Å²) in [6, 6.07) is 8.42. The Morgan fingerprint density at radius 1 is 1.11 bits per heavy atom. The Labute approximate surface area is 158 Å². The number of aromatic nitrogens is 3.